The van der Waals surface area contributed by atoms with E-state index in [1.54, 1.807) is 12.0 Å². The number of Topliss-reactive ketones (excluding diaryl/α,β-unsaturated/α-hetero) is 1. The largest absolute Gasteiger partial charge is 0.464 e. The van der Waals surface area contributed by atoms with Gasteiger partial charge in [0.25, 0.3) is 0 Å². The quantitative estimate of drug-likeness (QED) is 0.206. The number of rotatable bonds is 11. The van der Waals surface area contributed by atoms with Crippen LogP contribution in [0.25, 0.3) is 0 Å². The topological polar surface area (TPSA) is 110 Å². The average molecular weight is 579 g/mol. The molecule has 4 rings (SSSR count). The van der Waals surface area contributed by atoms with E-state index in [9.17, 15) is 14.4 Å². The average Bonchev–Trinajstić information content (AvgIpc) is 3.83. The summed E-state index contributed by atoms with van der Waals surface area (Å²) < 4.78 is 29.7. The summed E-state index contributed by atoms with van der Waals surface area (Å²) in [5, 5.41) is 0. The van der Waals surface area contributed by atoms with Crippen LogP contribution in [0.5, 0.6) is 0 Å². The third-order valence-corrected chi connectivity index (χ3v) is 9.18. The van der Waals surface area contributed by atoms with E-state index in [1.165, 1.54) is 5.57 Å². The molecule has 232 valence electrons. The summed E-state index contributed by atoms with van der Waals surface area (Å²) in [7, 11) is 1.69. The molecule has 1 unspecified atom stereocenters. The number of methoxy groups -OCH3 is 1. The highest BCUT2D eigenvalue weighted by Crippen LogP contribution is 2.59. The van der Waals surface area contributed by atoms with E-state index < -0.39 is 5.41 Å². The number of carbonyl (C=O) groups excluding carboxylic acids is 3. The normalized spacial score (nSPS) is 33.3. The third-order valence-electron chi connectivity index (χ3n) is 9.18. The second-order valence-corrected chi connectivity index (χ2v) is 13.5. The van der Waals surface area contributed by atoms with Crippen LogP contribution in [0.2, 0.25) is 0 Å². The number of piperazine rings is 1. The van der Waals surface area contributed by atoms with Gasteiger partial charge in [0.05, 0.1) is 25.0 Å². The van der Waals surface area contributed by atoms with Crippen molar-refractivity contribution in [1.29, 1.82) is 0 Å². The van der Waals surface area contributed by atoms with E-state index in [2.05, 4.69) is 31.7 Å². The summed E-state index contributed by atoms with van der Waals surface area (Å²) in [6.45, 7) is 15.8. The highest BCUT2D eigenvalue weighted by atomic mass is 16.6. The van der Waals surface area contributed by atoms with Crippen LogP contribution in [-0.2, 0) is 33.3 Å². The number of carbonyl (C=O) groups is 3. The maximum atomic E-state index is 13.2. The molecule has 1 amide bonds. The summed E-state index contributed by atoms with van der Waals surface area (Å²) in [5.41, 5.74) is 0.195. The predicted octanol–water partition coefficient (Wildman–Crippen LogP) is 3.76. The molecule has 41 heavy (non-hydrogen) atoms. The standard InChI is InChI=1S/C31H50N2O8/c1-21(2)8-10-24-30(6,41-24)27-26(37-7)22(12-13-31(27)20-39-31)40-28(36)33-16-14-32(15-17-33)18-19-38-25(35)11-9-23(34)29(3,4)5/h8,22,24,26-27H,9-20H2,1-7H3/t22-,24-,26-,27-,30?,31+/m1/s1. The number of amides is 1. The minimum Gasteiger partial charge on any atom is -0.464 e. The third kappa shape index (κ3) is 7.69. The van der Waals surface area contributed by atoms with Gasteiger partial charge in [-0.1, -0.05) is 32.4 Å². The summed E-state index contributed by atoms with van der Waals surface area (Å²) in [4.78, 5) is 41.1. The number of nitrogens with zero attached hydrogens (tertiary/aromatic N) is 2. The minimum absolute atomic E-state index is 0.00625. The Labute approximate surface area is 245 Å². The van der Waals surface area contributed by atoms with Gasteiger partial charge < -0.3 is 28.6 Å². The van der Waals surface area contributed by atoms with Gasteiger partial charge in [-0.3, -0.25) is 14.5 Å². The molecule has 0 aromatic heterocycles. The molecule has 10 heteroatoms. The molecule has 0 N–H and O–H groups in total. The van der Waals surface area contributed by atoms with E-state index in [1.807, 2.05) is 20.8 Å². The van der Waals surface area contributed by atoms with Gasteiger partial charge >= 0.3 is 12.1 Å². The van der Waals surface area contributed by atoms with Gasteiger partial charge in [-0.05, 0) is 40.0 Å². The molecule has 4 aliphatic rings. The molecular formula is C31H50N2O8. The molecule has 1 aliphatic carbocycles. The summed E-state index contributed by atoms with van der Waals surface area (Å²) in [6.07, 6.45) is 4.01. The van der Waals surface area contributed by atoms with Crippen LogP contribution in [-0.4, -0.2) is 110 Å². The fourth-order valence-corrected chi connectivity index (χ4v) is 6.38. The molecule has 4 fully saturated rings. The van der Waals surface area contributed by atoms with Crippen LogP contribution in [0.1, 0.15) is 73.6 Å². The monoisotopic (exact) mass is 578 g/mol. The van der Waals surface area contributed by atoms with Crippen molar-refractivity contribution in [2.45, 2.75) is 103 Å². The number of epoxide rings is 2. The summed E-state index contributed by atoms with van der Waals surface area (Å²) in [5.74, 6) is -0.305. The highest BCUT2D eigenvalue weighted by Gasteiger charge is 2.72. The molecule has 0 aromatic rings. The van der Waals surface area contributed by atoms with Gasteiger partial charge in [0.1, 0.15) is 35.8 Å². The van der Waals surface area contributed by atoms with Gasteiger partial charge in [0, 0.05) is 51.7 Å². The summed E-state index contributed by atoms with van der Waals surface area (Å²) >= 11 is 0. The molecule has 3 aliphatic heterocycles. The van der Waals surface area contributed by atoms with Gasteiger partial charge in [-0.15, -0.1) is 0 Å². The Morgan fingerprint density at radius 2 is 1.76 bits per heavy atom. The lowest BCUT2D eigenvalue weighted by Crippen LogP contribution is -2.57. The van der Waals surface area contributed by atoms with E-state index in [0.29, 0.717) is 45.8 Å². The maximum Gasteiger partial charge on any atom is 0.410 e. The first-order valence-corrected chi connectivity index (χ1v) is 15.1. The molecule has 1 spiro atoms. The molecule has 6 atom stereocenters. The first kappa shape index (κ1) is 31.9. The molecule has 3 saturated heterocycles. The summed E-state index contributed by atoms with van der Waals surface area (Å²) in [6, 6.07) is 0. The first-order chi connectivity index (χ1) is 19.3. The Morgan fingerprint density at radius 1 is 1.07 bits per heavy atom. The lowest BCUT2D eigenvalue weighted by atomic mass is 9.68. The van der Waals surface area contributed by atoms with E-state index in [-0.39, 0.29) is 72.7 Å². The zero-order valence-electron chi connectivity index (χ0n) is 26.0. The number of ether oxygens (including phenoxy) is 5. The Kier molecular flexibility index (Phi) is 9.88. The number of esters is 1. The zero-order chi connectivity index (χ0) is 30.0. The Morgan fingerprint density at radius 3 is 2.34 bits per heavy atom. The van der Waals surface area contributed by atoms with E-state index in [0.717, 1.165) is 12.8 Å². The van der Waals surface area contributed by atoms with Crippen molar-refractivity contribution in [3.05, 3.63) is 11.6 Å². The van der Waals surface area contributed by atoms with Crippen LogP contribution >= 0.6 is 0 Å². The van der Waals surface area contributed by atoms with Crippen molar-refractivity contribution >= 4 is 17.8 Å². The van der Waals surface area contributed by atoms with Crippen LogP contribution in [0.3, 0.4) is 0 Å². The zero-order valence-corrected chi connectivity index (χ0v) is 26.0. The van der Waals surface area contributed by atoms with Gasteiger partial charge in [-0.2, -0.15) is 0 Å². The maximum absolute atomic E-state index is 13.2. The van der Waals surface area contributed by atoms with Crippen molar-refractivity contribution in [1.82, 2.24) is 9.80 Å². The molecule has 0 bridgehead atoms. The fourth-order valence-electron chi connectivity index (χ4n) is 6.38. The van der Waals surface area contributed by atoms with E-state index in [4.69, 9.17) is 23.7 Å². The second-order valence-electron chi connectivity index (χ2n) is 13.5. The molecular weight excluding hydrogens is 528 g/mol. The van der Waals surface area contributed by atoms with Crippen molar-refractivity contribution in [3.63, 3.8) is 0 Å². The van der Waals surface area contributed by atoms with Crippen molar-refractivity contribution in [2.24, 2.45) is 11.3 Å². The number of hydrogen-bond donors (Lipinski definition) is 0. The smallest absolute Gasteiger partial charge is 0.410 e. The van der Waals surface area contributed by atoms with Crippen molar-refractivity contribution < 1.29 is 38.1 Å². The van der Waals surface area contributed by atoms with Crippen LogP contribution in [0, 0.1) is 11.3 Å². The van der Waals surface area contributed by atoms with Gasteiger partial charge in [-0.25, -0.2) is 4.79 Å². The Hall–Kier alpha value is -2.01. The molecule has 3 heterocycles. The van der Waals surface area contributed by atoms with Gasteiger partial charge in [0.15, 0.2) is 0 Å². The van der Waals surface area contributed by atoms with Crippen LogP contribution in [0.4, 0.5) is 4.79 Å². The van der Waals surface area contributed by atoms with Gasteiger partial charge in [0.2, 0.25) is 0 Å². The molecule has 10 nitrogen and oxygen atoms in total. The second kappa shape index (κ2) is 12.7. The minimum atomic E-state index is -0.448. The molecule has 0 radical (unpaired) electrons. The lowest BCUT2D eigenvalue weighted by molar-refractivity contribution is -0.146. The predicted molar refractivity (Wildman–Crippen MR) is 152 cm³/mol. The SMILES string of the molecule is CO[C@H]1[C@H](C2(C)O[C@@H]2CC=C(C)C)[C@]2(CC[C@H]1OC(=O)N1CCN(CCOC(=O)CCC(=O)C(C)(C)C)CC1)CO2. The molecule has 1 saturated carbocycles. The van der Waals surface area contributed by atoms with Crippen LogP contribution < -0.4 is 0 Å². The van der Waals surface area contributed by atoms with E-state index >= 15 is 0 Å². The van der Waals surface area contributed by atoms with Crippen molar-refractivity contribution in [2.75, 3.05) is 53.0 Å². The number of hydrogen-bond acceptors (Lipinski definition) is 9. The Balaban J connectivity index is 1.21. The number of ketones is 1. The Bertz CT molecular complexity index is 991. The number of allylic oxidation sites excluding steroid dienone is 1. The molecule has 0 aromatic carbocycles. The fraction of sp³-hybridized carbons (Fsp3) is 0.839. The highest BCUT2D eigenvalue weighted by molar-refractivity contribution is 5.86. The van der Waals surface area contributed by atoms with Crippen LogP contribution in [0.15, 0.2) is 11.6 Å². The first-order valence-electron chi connectivity index (χ1n) is 15.1. The van der Waals surface area contributed by atoms with Crippen molar-refractivity contribution in [3.8, 4) is 0 Å². The lowest BCUT2D eigenvalue weighted by Gasteiger charge is -2.43.